The van der Waals surface area contributed by atoms with Gasteiger partial charge < -0.3 is 4.52 Å². The zero-order valence-corrected chi connectivity index (χ0v) is 14.7. The summed E-state index contributed by atoms with van der Waals surface area (Å²) < 4.78 is 5.24. The van der Waals surface area contributed by atoms with Gasteiger partial charge in [-0.1, -0.05) is 43.3 Å². The van der Waals surface area contributed by atoms with Crippen LogP contribution >= 0.6 is 11.3 Å². The molecule has 1 N–H and O–H groups in total. The van der Waals surface area contributed by atoms with Crippen molar-refractivity contribution in [1.82, 2.24) is 10.1 Å². The van der Waals surface area contributed by atoms with E-state index in [1.807, 2.05) is 26.0 Å². The first-order valence-electron chi connectivity index (χ1n) is 7.94. The molecule has 0 fully saturated rings. The molecule has 3 aromatic rings. The third-order valence-corrected chi connectivity index (χ3v) is 5.05. The summed E-state index contributed by atoms with van der Waals surface area (Å²) in [5, 5.41) is 7.73. The lowest BCUT2D eigenvalue weighted by atomic mass is 10.1. The highest BCUT2D eigenvalue weighted by molar-refractivity contribution is 7.13. The first-order chi connectivity index (χ1) is 11.6. The van der Waals surface area contributed by atoms with Crippen LogP contribution in [0.15, 0.2) is 34.9 Å². The molecule has 0 bridgehead atoms. The number of carbonyl (C=O) groups excluding carboxylic acids is 1. The fraction of sp³-hybridized carbons (Fsp3) is 0.278. The second-order valence-electron chi connectivity index (χ2n) is 5.46. The number of hydrogen-bond acceptors (Lipinski definition) is 5. The minimum Gasteiger partial charge on any atom is -0.338 e. The van der Waals surface area contributed by atoms with Gasteiger partial charge in [0.1, 0.15) is 10.6 Å². The van der Waals surface area contributed by atoms with Crippen molar-refractivity contribution in [2.24, 2.45) is 0 Å². The Morgan fingerprint density at radius 2 is 1.96 bits per heavy atom. The highest BCUT2D eigenvalue weighted by Crippen LogP contribution is 2.24. The maximum Gasteiger partial charge on any atom is 0.270 e. The van der Waals surface area contributed by atoms with Crippen molar-refractivity contribution >= 4 is 23.1 Å². The Kier molecular flexibility index (Phi) is 4.76. The molecule has 0 aliphatic heterocycles. The van der Waals surface area contributed by atoms with Crippen LogP contribution in [-0.2, 0) is 12.8 Å². The summed E-state index contributed by atoms with van der Waals surface area (Å²) in [6.07, 6.45) is 1.81. The van der Waals surface area contributed by atoms with Crippen molar-refractivity contribution in [1.29, 1.82) is 0 Å². The van der Waals surface area contributed by atoms with Gasteiger partial charge in [0, 0.05) is 11.6 Å². The zero-order chi connectivity index (χ0) is 17.1. The molecule has 2 aromatic heterocycles. The summed E-state index contributed by atoms with van der Waals surface area (Å²) in [6.45, 7) is 5.97. The van der Waals surface area contributed by atoms with Crippen LogP contribution in [0.25, 0.3) is 11.3 Å². The number of nitrogens with zero attached hydrogens (tertiary/aromatic N) is 2. The summed E-state index contributed by atoms with van der Waals surface area (Å²) in [4.78, 5) is 17.3. The van der Waals surface area contributed by atoms with Crippen LogP contribution in [0.1, 0.15) is 39.8 Å². The molecule has 0 radical (unpaired) electrons. The number of anilines is 1. The largest absolute Gasteiger partial charge is 0.338 e. The monoisotopic (exact) mass is 341 g/mol. The van der Waals surface area contributed by atoms with Crippen LogP contribution in [0.2, 0.25) is 0 Å². The summed E-state index contributed by atoms with van der Waals surface area (Å²) in [7, 11) is 0. The molecule has 1 aromatic carbocycles. The molecule has 0 aliphatic rings. The molecule has 3 rings (SSSR count). The zero-order valence-electron chi connectivity index (χ0n) is 13.9. The molecule has 2 heterocycles. The molecule has 0 saturated carbocycles. The maximum atomic E-state index is 12.4. The first kappa shape index (κ1) is 16.4. The van der Waals surface area contributed by atoms with E-state index in [1.54, 1.807) is 6.07 Å². The van der Waals surface area contributed by atoms with Crippen LogP contribution in [0.4, 0.5) is 5.88 Å². The van der Waals surface area contributed by atoms with Gasteiger partial charge in [-0.3, -0.25) is 10.1 Å². The molecule has 0 aliphatic carbocycles. The summed E-state index contributed by atoms with van der Waals surface area (Å²) >= 11 is 1.41. The highest BCUT2D eigenvalue weighted by Gasteiger charge is 2.17. The number of aryl methyl sites for hydroxylation is 3. The summed E-state index contributed by atoms with van der Waals surface area (Å²) in [5.41, 5.74) is 3.66. The number of thiazole rings is 1. The van der Waals surface area contributed by atoms with Gasteiger partial charge in [-0.05, 0) is 25.3 Å². The van der Waals surface area contributed by atoms with Crippen molar-refractivity contribution < 1.29 is 9.32 Å². The van der Waals surface area contributed by atoms with Gasteiger partial charge in [0.05, 0.1) is 10.7 Å². The number of amides is 1. The number of hydrogen-bond donors (Lipinski definition) is 1. The Balaban J connectivity index is 1.75. The van der Waals surface area contributed by atoms with Gasteiger partial charge in [-0.15, -0.1) is 11.3 Å². The van der Waals surface area contributed by atoms with Crippen molar-refractivity contribution in [3.8, 4) is 11.3 Å². The molecule has 24 heavy (non-hydrogen) atoms. The van der Waals surface area contributed by atoms with Gasteiger partial charge in [0.15, 0.2) is 0 Å². The normalized spacial score (nSPS) is 10.8. The van der Waals surface area contributed by atoms with Crippen molar-refractivity contribution in [2.75, 3.05) is 5.32 Å². The molecular formula is C18H19N3O2S. The maximum absolute atomic E-state index is 12.4. The number of benzene rings is 1. The average Bonchev–Trinajstić information content (AvgIpc) is 3.21. The quantitative estimate of drug-likeness (QED) is 0.743. The van der Waals surface area contributed by atoms with Gasteiger partial charge in [0.2, 0.25) is 5.88 Å². The smallest absolute Gasteiger partial charge is 0.270 e. The molecule has 124 valence electrons. The number of carbonyl (C=O) groups is 1. The van der Waals surface area contributed by atoms with Crippen LogP contribution in [0.5, 0.6) is 0 Å². The van der Waals surface area contributed by atoms with E-state index in [-0.39, 0.29) is 5.91 Å². The molecule has 0 spiro atoms. The van der Waals surface area contributed by atoms with Crippen LogP contribution < -0.4 is 5.32 Å². The molecule has 0 unspecified atom stereocenters. The number of aromatic nitrogens is 2. The number of nitrogens with one attached hydrogen (secondary N) is 1. The Bertz CT molecular complexity index is 850. The molecule has 6 heteroatoms. The van der Waals surface area contributed by atoms with Crippen molar-refractivity contribution in [3.63, 3.8) is 0 Å². The Labute approximate surface area is 144 Å². The van der Waals surface area contributed by atoms with E-state index >= 15 is 0 Å². The minimum atomic E-state index is -0.214. The number of rotatable bonds is 5. The lowest BCUT2D eigenvalue weighted by Gasteiger charge is -1.98. The van der Waals surface area contributed by atoms with Gasteiger partial charge in [-0.2, -0.15) is 0 Å². The van der Waals surface area contributed by atoms with E-state index in [4.69, 9.17) is 4.52 Å². The van der Waals surface area contributed by atoms with Crippen LogP contribution in [0.3, 0.4) is 0 Å². The topological polar surface area (TPSA) is 68.0 Å². The summed E-state index contributed by atoms with van der Waals surface area (Å²) in [6, 6.07) is 9.87. The molecular weight excluding hydrogens is 322 g/mol. The lowest BCUT2D eigenvalue weighted by molar-refractivity contribution is 0.102. The Morgan fingerprint density at radius 1 is 1.21 bits per heavy atom. The van der Waals surface area contributed by atoms with E-state index in [9.17, 15) is 4.79 Å². The lowest BCUT2D eigenvalue weighted by Crippen LogP contribution is -2.10. The first-order valence-corrected chi connectivity index (χ1v) is 8.76. The van der Waals surface area contributed by atoms with Crippen LogP contribution in [0, 0.1) is 6.92 Å². The summed E-state index contributed by atoms with van der Waals surface area (Å²) in [5.74, 6) is 0.120. The van der Waals surface area contributed by atoms with E-state index in [2.05, 4.69) is 34.5 Å². The molecule has 1 amide bonds. The third kappa shape index (κ3) is 3.38. The molecule has 0 atom stereocenters. The average molecular weight is 341 g/mol. The molecule has 5 nitrogen and oxygen atoms in total. The predicted octanol–water partition coefficient (Wildman–Crippen LogP) is 4.48. The van der Waals surface area contributed by atoms with Gasteiger partial charge >= 0.3 is 0 Å². The minimum absolute atomic E-state index is 0.214. The van der Waals surface area contributed by atoms with E-state index in [1.165, 1.54) is 16.9 Å². The second kappa shape index (κ2) is 6.97. The SMILES string of the molecule is CCc1ccc(-c2cc(NC(=O)c3sc(CC)nc3C)on2)cc1. The van der Waals surface area contributed by atoms with E-state index in [0.29, 0.717) is 16.5 Å². The van der Waals surface area contributed by atoms with Crippen molar-refractivity contribution in [3.05, 3.63) is 51.5 Å². The Hall–Kier alpha value is -2.47. The third-order valence-electron chi connectivity index (χ3n) is 3.75. The van der Waals surface area contributed by atoms with Gasteiger partial charge in [0.25, 0.3) is 5.91 Å². The van der Waals surface area contributed by atoms with E-state index in [0.717, 1.165) is 29.1 Å². The van der Waals surface area contributed by atoms with Crippen LogP contribution in [-0.4, -0.2) is 16.0 Å². The molecule has 0 saturated heterocycles. The van der Waals surface area contributed by atoms with Crippen molar-refractivity contribution in [2.45, 2.75) is 33.6 Å². The Morgan fingerprint density at radius 3 is 2.58 bits per heavy atom. The highest BCUT2D eigenvalue weighted by atomic mass is 32.1. The fourth-order valence-electron chi connectivity index (χ4n) is 2.36. The van der Waals surface area contributed by atoms with E-state index < -0.39 is 0 Å². The fourth-order valence-corrected chi connectivity index (χ4v) is 3.26. The standard InChI is InChI=1S/C18H19N3O2S/c1-4-12-6-8-13(9-7-12)14-10-15(23-21-14)20-18(22)17-11(3)19-16(5-2)24-17/h6-10H,4-5H2,1-3H3,(H,20,22). The predicted molar refractivity (Wildman–Crippen MR) is 95.5 cm³/mol. The second-order valence-corrected chi connectivity index (χ2v) is 6.54. The van der Waals surface area contributed by atoms with Gasteiger partial charge in [-0.25, -0.2) is 4.98 Å².